The van der Waals surface area contributed by atoms with Crippen molar-refractivity contribution in [2.45, 2.75) is 32.0 Å². The summed E-state index contributed by atoms with van der Waals surface area (Å²) in [6.07, 6.45) is -3.20. The Labute approximate surface area is 231 Å². The molecule has 39 heavy (non-hydrogen) atoms. The van der Waals surface area contributed by atoms with E-state index in [0.717, 1.165) is 17.7 Å². The SMILES string of the molecule is CN(Cc1ccccc1)C(=O)CC1(COc2ccc(Cl)cc2)CCN(C(=O)c2ccc(C(F)(F)F)cc2)CC1. The second-order valence-corrected chi connectivity index (χ2v) is 10.5. The number of hydrogen-bond acceptors (Lipinski definition) is 3. The number of piperidine rings is 1. The van der Waals surface area contributed by atoms with E-state index in [1.54, 1.807) is 41.1 Å². The fraction of sp³-hybridized carbons (Fsp3) is 0.333. The molecule has 0 bridgehead atoms. The molecule has 0 aliphatic carbocycles. The van der Waals surface area contributed by atoms with E-state index in [9.17, 15) is 22.8 Å². The smallest absolute Gasteiger partial charge is 0.416 e. The van der Waals surface area contributed by atoms with Crippen molar-refractivity contribution in [2.24, 2.45) is 5.41 Å². The Morgan fingerprint density at radius 3 is 2.15 bits per heavy atom. The van der Waals surface area contributed by atoms with E-state index >= 15 is 0 Å². The number of carbonyl (C=O) groups excluding carboxylic acids is 2. The van der Waals surface area contributed by atoms with Crippen molar-refractivity contribution in [2.75, 3.05) is 26.7 Å². The summed E-state index contributed by atoms with van der Waals surface area (Å²) in [4.78, 5) is 29.7. The molecular weight excluding hydrogens is 529 g/mol. The molecular formula is C30H30ClF3N2O3. The molecule has 4 rings (SSSR count). The lowest BCUT2D eigenvalue weighted by Gasteiger charge is -2.42. The molecule has 0 spiro atoms. The number of ether oxygens (including phenoxy) is 1. The van der Waals surface area contributed by atoms with Crippen LogP contribution in [-0.2, 0) is 17.5 Å². The van der Waals surface area contributed by atoms with E-state index in [2.05, 4.69) is 0 Å². The van der Waals surface area contributed by atoms with Gasteiger partial charge in [0.25, 0.3) is 5.91 Å². The average molecular weight is 559 g/mol. The maximum atomic E-state index is 13.3. The van der Waals surface area contributed by atoms with Crippen LogP contribution in [0.1, 0.15) is 40.7 Å². The van der Waals surface area contributed by atoms with Crippen LogP contribution in [0.5, 0.6) is 5.75 Å². The van der Waals surface area contributed by atoms with Gasteiger partial charge in [0.15, 0.2) is 0 Å². The van der Waals surface area contributed by atoms with Crippen LogP contribution in [-0.4, -0.2) is 48.4 Å². The normalized spacial score (nSPS) is 15.1. The van der Waals surface area contributed by atoms with Crippen LogP contribution in [0.4, 0.5) is 13.2 Å². The predicted molar refractivity (Wildman–Crippen MR) is 143 cm³/mol. The van der Waals surface area contributed by atoms with Crippen LogP contribution >= 0.6 is 11.6 Å². The van der Waals surface area contributed by atoms with Gasteiger partial charge in [-0.15, -0.1) is 0 Å². The fourth-order valence-corrected chi connectivity index (χ4v) is 4.84. The second-order valence-electron chi connectivity index (χ2n) is 10.0. The van der Waals surface area contributed by atoms with E-state index in [1.807, 2.05) is 30.3 Å². The van der Waals surface area contributed by atoms with Gasteiger partial charge in [-0.25, -0.2) is 0 Å². The Kier molecular flexibility index (Phi) is 8.85. The summed E-state index contributed by atoms with van der Waals surface area (Å²) < 4.78 is 44.8. The Bertz CT molecular complexity index is 1260. The lowest BCUT2D eigenvalue weighted by Crippen LogP contribution is -2.47. The number of hydrogen-bond donors (Lipinski definition) is 0. The maximum absolute atomic E-state index is 13.3. The minimum absolute atomic E-state index is 0.0268. The van der Waals surface area contributed by atoms with Crippen molar-refractivity contribution in [1.29, 1.82) is 0 Å². The van der Waals surface area contributed by atoms with E-state index in [0.29, 0.717) is 43.2 Å². The zero-order valence-corrected chi connectivity index (χ0v) is 22.3. The monoisotopic (exact) mass is 558 g/mol. The maximum Gasteiger partial charge on any atom is 0.416 e. The number of halogens is 4. The van der Waals surface area contributed by atoms with Crippen molar-refractivity contribution >= 4 is 23.4 Å². The third-order valence-corrected chi connectivity index (χ3v) is 7.40. The van der Waals surface area contributed by atoms with Gasteiger partial charge in [-0.2, -0.15) is 13.2 Å². The molecule has 1 heterocycles. The molecule has 0 unspecified atom stereocenters. The number of alkyl halides is 3. The fourth-order valence-electron chi connectivity index (χ4n) is 4.71. The molecule has 206 valence electrons. The van der Waals surface area contributed by atoms with E-state index in [-0.39, 0.29) is 30.4 Å². The molecule has 0 saturated carbocycles. The lowest BCUT2D eigenvalue weighted by molar-refractivity contribution is -0.137. The molecule has 1 fully saturated rings. The number of benzene rings is 3. The molecule has 0 aromatic heterocycles. The summed E-state index contributed by atoms with van der Waals surface area (Å²) >= 11 is 5.99. The van der Waals surface area contributed by atoms with Gasteiger partial charge in [-0.1, -0.05) is 41.9 Å². The number of nitrogens with zero attached hydrogens (tertiary/aromatic N) is 2. The average Bonchev–Trinajstić information content (AvgIpc) is 2.93. The minimum atomic E-state index is -4.46. The Morgan fingerprint density at radius 2 is 1.56 bits per heavy atom. The number of carbonyl (C=O) groups is 2. The summed E-state index contributed by atoms with van der Waals surface area (Å²) in [5, 5.41) is 0.588. The van der Waals surface area contributed by atoms with Crippen LogP contribution in [0.2, 0.25) is 5.02 Å². The summed E-state index contributed by atoms with van der Waals surface area (Å²) in [6.45, 7) is 1.48. The molecule has 3 aromatic carbocycles. The Balaban J connectivity index is 1.45. The second kappa shape index (κ2) is 12.1. The van der Waals surface area contributed by atoms with Crippen LogP contribution in [0, 0.1) is 5.41 Å². The number of likely N-dealkylation sites (tertiary alicyclic amines) is 1. The molecule has 1 aliphatic rings. The van der Waals surface area contributed by atoms with Gasteiger partial charge in [0.1, 0.15) is 5.75 Å². The predicted octanol–water partition coefficient (Wildman–Crippen LogP) is 6.71. The molecule has 2 amide bonds. The van der Waals surface area contributed by atoms with Gasteiger partial charge in [0, 0.05) is 49.1 Å². The topological polar surface area (TPSA) is 49.9 Å². The summed E-state index contributed by atoms with van der Waals surface area (Å²) in [6, 6.07) is 21.0. The third-order valence-electron chi connectivity index (χ3n) is 7.14. The molecule has 9 heteroatoms. The highest BCUT2D eigenvalue weighted by Crippen LogP contribution is 2.37. The quantitative estimate of drug-likeness (QED) is 0.309. The summed E-state index contributed by atoms with van der Waals surface area (Å²) in [7, 11) is 1.77. The number of amides is 2. The first kappa shape index (κ1) is 28.5. The van der Waals surface area contributed by atoms with Crippen LogP contribution in [0.3, 0.4) is 0 Å². The molecule has 1 aliphatic heterocycles. The van der Waals surface area contributed by atoms with E-state index in [1.165, 1.54) is 12.1 Å². The van der Waals surface area contributed by atoms with Gasteiger partial charge in [-0.3, -0.25) is 9.59 Å². The first-order chi connectivity index (χ1) is 18.5. The first-order valence-corrected chi connectivity index (χ1v) is 13.1. The lowest BCUT2D eigenvalue weighted by atomic mass is 9.75. The minimum Gasteiger partial charge on any atom is -0.493 e. The Morgan fingerprint density at radius 1 is 0.949 bits per heavy atom. The largest absolute Gasteiger partial charge is 0.493 e. The molecule has 0 atom stereocenters. The van der Waals surface area contributed by atoms with Crippen molar-refractivity contribution in [1.82, 2.24) is 9.80 Å². The highest BCUT2D eigenvalue weighted by atomic mass is 35.5. The van der Waals surface area contributed by atoms with Crippen molar-refractivity contribution < 1.29 is 27.5 Å². The van der Waals surface area contributed by atoms with Crippen molar-refractivity contribution in [3.63, 3.8) is 0 Å². The zero-order valence-electron chi connectivity index (χ0n) is 21.6. The highest BCUT2D eigenvalue weighted by molar-refractivity contribution is 6.30. The molecule has 1 saturated heterocycles. The van der Waals surface area contributed by atoms with Crippen molar-refractivity contribution in [3.05, 3.63) is 101 Å². The first-order valence-electron chi connectivity index (χ1n) is 12.7. The molecule has 0 radical (unpaired) electrons. The van der Waals surface area contributed by atoms with Crippen LogP contribution in [0.25, 0.3) is 0 Å². The zero-order chi connectivity index (χ0) is 28.0. The molecule has 3 aromatic rings. The van der Waals surface area contributed by atoms with E-state index in [4.69, 9.17) is 16.3 Å². The summed E-state index contributed by atoms with van der Waals surface area (Å²) in [5.74, 6) is 0.275. The standard InChI is InChI=1S/C30H30ClF3N2O3/c1-35(20-22-5-3-2-4-6-22)27(37)19-29(21-39-26-13-11-25(31)12-14-26)15-17-36(18-16-29)28(38)23-7-9-24(10-8-23)30(32,33)34/h2-14H,15-21H2,1H3. The Hall–Kier alpha value is -3.52. The van der Waals surface area contributed by atoms with Crippen LogP contribution < -0.4 is 4.74 Å². The van der Waals surface area contributed by atoms with Gasteiger partial charge in [0.2, 0.25) is 5.91 Å². The third kappa shape index (κ3) is 7.53. The number of rotatable bonds is 8. The van der Waals surface area contributed by atoms with Gasteiger partial charge < -0.3 is 14.5 Å². The van der Waals surface area contributed by atoms with Gasteiger partial charge in [0.05, 0.1) is 12.2 Å². The van der Waals surface area contributed by atoms with E-state index < -0.39 is 17.2 Å². The van der Waals surface area contributed by atoms with Crippen molar-refractivity contribution in [3.8, 4) is 5.75 Å². The van der Waals surface area contributed by atoms with Gasteiger partial charge >= 0.3 is 6.18 Å². The molecule has 0 N–H and O–H groups in total. The summed E-state index contributed by atoms with van der Waals surface area (Å²) in [5.41, 5.74) is -0.0870. The van der Waals surface area contributed by atoms with Crippen LogP contribution in [0.15, 0.2) is 78.9 Å². The highest BCUT2D eigenvalue weighted by Gasteiger charge is 2.40. The molecule has 5 nitrogen and oxygen atoms in total. The van der Waals surface area contributed by atoms with Gasteiger partial charge in [-0.05, 0) is 66.9 Å².